The summed E-state index contributed by atoms with van der Waals surface area (Å²) in [6.07, 6.45) is 1.37. The van der Waals surface area contributed by atoms with Gasteiger partial charge in [-0.25, -0.2) is 4.98 Å². The predicted molar refractivity (Wildman–Crippen MR) is 75.3 cm³/mol. The number of hydrogen-bond acceptors (Lipinski definition) is 4. The van der Waals surface area contributed by atoms with Crippen LogP contribution in [0.5, 0.6) is 0 Å². The van der Waals surface area contributed by atoms with Crippen molar-refractivity contribution >= 4 is 40.5 Å². The fourth-order valence-corrected chi connectivity index (χ4v) is 1.84. The van der Waals surface area contributed by atoms with E-state index < -0.39 is 10.8 Å². The van der Waals surface area contributed by atoms with E-state index in [2.05, 4.69) is 10.3 Å². The Morgan fingerprint density at radius 1 is 1.25 bits per heavy atom. The van der Waals surface area contributed by atoms with Gasteiger partial charge in [-0.15, -0.1) is 0 Å². The maximum absolute atomic E-state index is 12.0. The van der Waals surface area contributed by atoms with Gasteiger partial charge in [-0.2, -0.15) is 0 Å². The van der Waals surface area contributed by atoms with E-state index in [0.717, 1.165) is 6.07 Å². The molecule has 1 amide bonds. The van der Waals surface area contributed by atoms with Crippen LogP contribution in [0.4, 0.5) is 11.4 Å². The van der Waals surface area contributed by atoms with Gasteiger partial charge in [0, 0.05) is 22.8 Å². The Kier molecular flexibility index (Phi) is 4.16. The fourth-order valence-electron chi connectivity index (χ4n) is 1.50. The van der Waals surface area contributed by atoms with Gasteiger partial charge in [-0.1, -0.05) is 23.2 Å². The molecule has 1 N–H and O–H groups in total. The van der Waals surface area contributed by atoms with Crippen molar-refractivity contribution in [2.24, 2.45) is 0 Å². The summed E-state index contributed by atoms with van der Waals surface area (Å²) in [5.41, 5.74) is 0.0117. The van der Waals surface area contributed by atoms with Crippen LogP contribution in [0.1, 0.15) is 10.4 Å². The first-order valence-electron chi connectivity index (χ1n) is 5.34. The van der Waals surface area contributed by atoms with Gasteiger partial charge < -0.3 is 5.32 Å². The minimum Gasteiger partial charge on any atom is -0.316 e. The van der Waals surface area contributed by atoms with Crippen molar-refractivity contribution in [2.75, 3.05) is 5.32 Å². The van der Waals surface area contributed by atoms with Crippen molar-refractivity contribution in [3.8, 4) is 0 Å². The van der Waals surface area contributed by atoms with E-state index in [1.54, 1.807) is 0 Å². The lowest BCUT2D eigenvalue weighted by Gasteiger charge is -2.06. The van der Waals surface area contributed by atoms with E-state index in [0.29, 0.717) is 0 Å². The molecule has 2 aromatic rings. The topological polar surface area (TPSA) is 85.1 Å². The second kappa shape index (κ2) is 5.85. The summed E-state index contributed by atoms with van der Waals surface area (Å²) < 4.78 is 0. The summed E-state index contributed by atoms with van der Waals surface area (Å²) >= 11 is 11.4. The molecule has 2 rings (SSSR count). The minimum absolute atomic E-state index is 0.0531. The molecule has 0 atom stereocenters. The molecular weight excluding hydrogens is 305 g/mol. The van der Waals surface area contributed by atoms with Gasteiger partial charge in [-0.05, 0) is 24.3 Å². The van der Waals surface area contributed by atoms with Gasteiger partial charge >= 0.3 is 0 Å². The van der Waals surface area contributed by atoms with Crippen LogP contribution < -0.4 is 5.32 Å². The molecule has 102 valence electrons. The van der Waals surface area contributed by atoms with Crippen LogP contribution in [0, 0.1) is 10.1 Å². The van der Waals surface area contributed by atoms with Crippen LogP contribution in [0.3, 0.4) is 0 Å². The smallest absolute Gasteiger partial charge is 0.294 e. The summed E-state index contributed by atoms with van der Waals surface area (Å²) in [5.74, 6) is -0.528. The van der Waals surface area contributed by atoms with Gasteiger partial charge in [0.25, 0.3) is 11.6 Å². The SMILES string of the molecule is O=C(Nc1ccc(Cl)cc1[N+](=O)[O-])c1ccnc(Cl)c1. The highest BCUT2D eigenvalue weighted by Gasteiger charge is 2.17. The van der Waals surface area contributed by atoms with Crippen molar-refractivity contribution in [1.82, 2.24) is 4.98 Å². The van der Waals surface area contributed by atoms with Crippen molar-refractivity contribution in [1.29, 1.82) is 0 Å². The number of benzene rings is 1. The Labute approximate surface area is 123 Å². The summed E-state index contributed by atoms with van der Waals surface area (Å²) in [5, 5.41) is 13.7. The monoisotopic (exact) mass is 311 g/mol. The van der Waals surface area contributed by atoms with E-state index in [4.69, 9.17) is 23.2 Å². The number of anilines is 1. The third-order valence-electron chi connectivity index (χ3n) is 2.39. The van der Waals surface area contributed by atoms with E-state index in [-0.39, 0.29) is 27.1 Å². The van der Waals surface area contributed by atoms with Crippen molar-refractivity contribution in [3.63, 3.8) is 0 Å². The standard InChI is InChI=1S/C12H7Cl2N3O3/c13-8-1-2-9(10(6-8)17(19)20)16-12(18)7-3-4-15-11(14)5-7/h1-6H,(H,16,18). The van der Waals surface area contributed by atoms with Crippen LogP contribution >= 0.6 is 23.2 Å². The number of nitrogens with zero attached hydrogens (tertiary/aromatic N) is 2. The highest BCUT2D eigenvalue weighted by molar-refractivity contribution is 6.31. The van der Waals surface area contributed by atoms with Crippen LogP contribution in [0.15, 0.2) is 36.5 Å². The Balaban J connectivity index is 2.30. The molecular formula is C12H7Cl2N3O3. The minimum atomic E-state index is -0.624. The molecule has 0 aliphatic heterocycles. The molecule has 0 radical (unpaired) electrons. The zero-order chi connectivity index (χ0) is 14.7. The molecule has 1 aromatic heterocycles. The molecule has 0 saturated heterocycles. The normalized spacial score (nSPS) is 10.1. The molecule has 0 aliphatic rings. The van der Waals surface area contributed by atoms with Crippen LogP contribution in [0.2, 0.25) is 10.2 Å². The number of nitro benzene ring substituents is 1. The molecule has 20 heavy (non-hydrogen) atoms. The Morgan fingerprint density at radius 2 is 2.00 bits per heavy atom. The predicted octanol–water partition coefficient (Wildman–Crippen LogP) is 3.55. The zero-order valence-corrected chi connectivity index (χ0v) is 11.4. The number of carbonyl (C=O) groups excluding carboxylic acids is 1. The lowest BCUT2D eigenvalue weighted by atomic mass is 10.2. The van der Waals surface area contributed by atoms with Crippen molar-refractivity contribution < 1.29 is 9.72 Å². The molecule has 6 nitrogen and oxygen atoms in total. The molecule has 0 bridgehead atoms. The van der Waals surface area contributed by atoms with Gasteiger partial charge in [-0.3, -0.25) is 14.9 Å². The molecule has 0 unspecified atom stereocenters. The number of pyridine rings is 1. The quantitative estimate of drug-likeness (QED) is 0.533. The number of carbonyl (C=O) groups is 1. The van der Waals surface area contributed by atoms with Crippen LogP contribution in [-0.4, -0.2) is 15.8 Å². The number of nitrogens with one attached hydrogen (secondary N) is 1. The summed E-state index contributed by atoms with van der Waals surface area (Å²) in [7, 11) is 0. The molecule has 8 heteroatoms. The third-order valence-corrected chi connectivity index (χ3v) is 2.84. The van der Waals surface area contributed by atoms with Crippen molar-refractivity contribution in [3.05, 3.63) is 62.4 Å². The molecule has 0 aliphatic carbocycles. The van der Waals surface area contributed by atoms with Crippen LogP contribution in [0.25, 0.3) is 0 Å². The summed E-state index contributed by atoms with van der Waals surface area (Å²) in [4.78, 5) is 26.0. The molecule has 1 aromatic carbocycles. The number of halogens is 2. The third kappa shape index (κ3) is 3.23. The lowest BCUT2D eigenvalue weighted by Crippen LogP contribution is -2.13. The first kappa shape index (κ1) is 14.2. The highest BCUT2D eigenvalue weighted by atomic mass is 35.5. The summed E-state index contributed by atoms with van der Waals surface area (Å²) in [6, 6.07) is 6.78. The Hall–Kier alpha value is -2.18. The average Bonchev–Trinajstić information content (AvgIpc) is 2.40. The van der Waals surface area contributed by atoms with Gasteiger partial charge in [0.05, 0.1) is 4.92 Å². The highest BCUT2D eigenvalue weighted by Crippen LogP contribution is 2.28. The van der Waals surface area contributed by atoms with E-state index >= 15 is 0 Å². The number of rotatable bonds is 3. The van der Waals surface area contributed by atoms with E-state index in [1.807, 2.05) is 0 Å². The lowest BCUT2D eigenvalue weighted by molar-refractivity contribution is -0.383. The molecule has 0 spiro atoms. The maximum atomic E-state index is 12.0. The maximum Gasteiger partial charge on any atom is 0.294 e. The number of amides is 1. The van der Waals surface area contributed by atoms with E-state index in [1.165, 1.54) is 30.5 Å². The first-order valence-corrected chi connectivity index (χ1v) is 6.10. The second-order valence-electron chi connectivity index (χ2n) is 3.74. The average molecular weight is 312 g/mol. The molecule has 0 fully saturated rings. The number of nitro groups is 1. The van der Waals surface area contributed by atoms with Gasteiger partial charge in [0.1, 0.15) is 10.8 Å². The zero-order valence-electron chi connectivity index (χ0n) is 9.84. The second-order valence-corrected chi connectivity index (χ2v) is 4.56. The van der Waals surface area contributed by atoms with Crippen molar-refractivity contribution in [2.45, 2.75) is 0 Å². The van der Waals surface area contributed by atoms with Gasteiger partial charge in [0.2, 0.25) is 0 Å². The van der Waals surface area contributed by atoms with E-state index in [9.17, 15) is 14.9 Å². The van der Waals surface area contributed by atoms with Gasteiger partial charge in [0.15, 0.2) is 0 Å². The largest absolute Gasteiger partial charge is 0.316 e. The number of aromatic nitrogens is 1. The van der Waals surface area contributed by atoms with Crippen LogP contribution in [-0.2, 0) is 0 Å². The Morgan fingerprint density at radius 3 is 2.65 bits per heavy atom. The Bertz CT molecular complexity index is 691. The fraction of sp³-hybridized carbons (Fsp3) is 0. The molecule has 0 saturated carbocycles. The number of hydrogen-bond donors (Lipinski definition) is 1. The molecule has 1 heterocycles. The summed E-state index contributed by atoms with van der Waals surface area (Å²) in [6.45, 7) is 0. The first-order chi connectivity index (χ1) is 9.47.